The Morgan fingerprint density at radius 3 is 2.80 bits per heavy atom. The number of rotatable bonds is 6. The van der Waals surface area contributed by atoms with Crippen molar-refractivity contribution >= 4 is 45.9 Å². The van der Waals surface area contributed by atoms with E-state index in [0.29, 0.717) is 27.6 Å². The molecule has 5 atom stereocenters. The first-order chi connectivity index (χ1) is 17.0. The topological polar surface area (TPSA) is 63.7 Å². The van der Waals surface area contributed by atoms with Crippen molar-refractivity contribution in [3.63, 3.8) is 0 Å². The van der Waals surface area contributed by atoms with Crippen molar-refractivity contribution in [3.05, 3.63) is 76.9 Å². The van der Waals surface area contributed by atoms with Crippen molar-refractivity contribution in [1.82, 2.24) is 9.88 Å². The van der Waals surface area contributed by atoms with E-state index in [9.17, 15) is 4.79 Å². The molecule has 3 aliphatic rings. The van der Waals surface area contributed by atoms with E-state index in [2.05, 4.69) is 27.9 Å². The number of amides is 1. The highest BCUT2D eigenvalue weighted by atomic mass is 35.5. The summed E-state index contributed by atoms with van der Waals surface area (Å²) in [6.07, 6.45) is 4.83. The number of carbonyl (C=O) groups is 1. The maximum atomic E-state index is 13.1. The number of fused-ring (bicyclic) bond motifs is 4. The standard InChI is InChI=1S/C27H27Cl2N3O3/c1-3-16-15-32-11-9-17(16)12-25(32)26(35-27(33)31-18-4-6-22(28)23(29)13-18)20-8-10-30-24-7-5-19(34-2)14-21(20)24/h3-8,10,13-14,16-17,25-26H,1,9,11-12,15H2,2H3,(H,31,33)/t16-,17-,25+,26-/m0/s1. The van der Waals surface area contributed by atoms with Crippen LogP contribution in [0.4, 0.5) is 10.5 Å². The molecule has 35 heavy (non-hydrogen) atoms. The Morgan fingerprint density at radius 2 is 2.09 bits per heavy atom. The number of nitrogens with zero attached hydrogens (tertiary/aromatic N) is 2. The molecule has 8 heteroatoms. The molecule has 3 saturated heterocycles. The van der Waals surface area contributed by atoms with E-state index in [1.165, 1.54) is 0 Å². The lowest BCUT2D eigenvalue weighted by Crippen LogP contribution is -2.55. The van der Waals surface area contributed by atoms with Gasteiger partial charge < -0.3 is 9.47 Å². The van der Waals surface area contributed by atoms with E-state index in [-0.39, 0.29) is 6.04 Å². The van der Waals surface area contributed by atoms with Crippen LogP contribution < -0.4 is 10.1 Å². The summed E-state index contributed by atoms with van der Waals surface area (Å²) in [5.41, 5.74) is 2.24. The number of halogens is 2. The average molecular weight is 512 g/mol. The molecule has 2 bridgehead atoms. The number of piperidine rings is 3. The van der Waals surface area contributed by atoms with Gasteiger partial charge >= 0.3 is 6.09 Å². The van der Waals surface area contributed by atoms with Crippen molar-refractivity contribution in [1.29, 1.82) is 0 Å². The Hall–Kier alpha value is -2.80. The fourth-order valence-electron chi connectivity index (χ4n) is 5.40. The molecule has 3 aromatic rings. The zero-order valence-electron chi connectivity index (χ0n) is 19.4. The van der Waals surface area contributed by atoms with Gasteiger partial charge in [-0.2, -0.15) is 0 Å². The molecule has 1 aromatic heterocycles. The van der Waals surface area contributed by atoms with Crippen LogP contribution in [0.25, 0.3) is 10.9 Å². The smallest absolute Gasteiger partial charge is 0.412 e. The lowest BCUT2D eigenvalue weighted by Gasteiger charge is -2.51. The Morgan fingerprint density at radius 1 is 1.23 bits per heavy atom. The van der Waals surface area contributed by atoms with Crippen LogP contribution in [-0.2, 0) is 4.74 Å². The minimum absolute atomic E-state index is 0.0429. The molecule has 2 aromatic carbocycles. The summed E-state index contributed by atoms with van der Waals surface area (Å²) in [6.45, 7) is 5.92. The number of hydrogen-bond donors (Lipinski definition) is 1. The summed E-state index contributed by atoms with van der Waals surface area (Å²) in [5, 5.41) is 4.49. The van der Waals surface area contributed by atoms with E-state index in [1.807, 2.05) is 24.3 Å². The third kappa shape index (κ3) is 4.83. The molecule has 4 heterocycles. The third-order valence-corrected chi connectivity index (χ3v) is 7.93. The van der Waals surface area contributed by atoms with Crippen LogP contribution in [0.3, 0.4) is 0 Å². The number of methoxy groups -OCH3 is 1. The lowest BCUT2D eigenvalue weighted by atomic mass is 9.73. The molecule has 3 fully saturated rings. The average Bonchev–Trinajstić information content (AvgIpc) is 2.89. The Bertz CT molecular complexity index is 1270. The minimum atomic E-state index is -0.552. The van der Waals surface area contributed by atoms with Crippen molar-refractivity contribution in [2.45, 2.75) is 25.0 Å². The van der Waals surface area contributed by atoms with E-state index >= 15 is 0 Å². The maximum Gasteiger partial charge on any atom is 0.412 e. The largest absolute Gasteiger partial charge is 0.497 e. The number of anilines is 1. The summed E-state index contributed by atoms with van der Waals surface area (Å²) in [6, 6.07) is 12.7. The first-order valence-corrected chi connectivity index (χ1v) is 12.4. The van der Waals surface area contributed by atoms with Gasteiger partial charge in [-0.25, -0.2) is 4.79 Å². The monoisotopic (exact) mass is 511 g/mol. The molecule has 182 valence electrons. The summed E-state index contributed by atoms with van der Waals surface area (Å²) in [5.74, 6) is 1.71. The number of carbonyl (C=O) groups excluding carboxylic acids is 1. The van der Waals surface area contributed by atoms with Crippen molar-refractivity contribution in [2.75, 3.05) is 25.5 Å². The number of aromatic nitrogens is 1. The summed E-state index contributed by atoms with van der Waals surface area (Å²) >= 11 is 12.1. The lowest BCUT2D eigenvalue weighted by molar-refractivity contribution is -0.0473. The van der Waals surface area contributed by atoms with Crippen molar-refractivity contribution in [2.24, 2.45) is 11.8 Å². The van der Waals surface area contributed by atoms with Gasteiger partial charge in [0, 0.05) is 29.4 Å². The van der Waals surface area contributed by atoms with E-state index in [1.54, 1.807) is 31.5 Å². The van der Waals surface area contributed by atoms with Crippen LogP contribution in [0.1, 0.15) is 24.5 Å². The summed E-state index contributed by atoms with van der Waals surface area (Å²) < 4.78 is 11.7. The van der Waals surface area contributed by atoms with Crippen LogP contribution in [0.15, 0.2) is 61.3 Å². The quantitative estimate of drug-likeness (QED) is 0.371. The highest BCUT2D eigenvalue weighted by molar-refractivity contribution is 6.42. The molecule has 0 radical (unpaired) electrons. The molecule has 1 N–H and O–H groups in total. The normalized spacial score (nSPS) is 24.1. The molecule has 6 nitrogen and oxygen atoms in total. The number of ether oxygens (including phenoxy) is 2. The zero-order chi connectivity index (χ0) is 24.5. The molecule has 1 unspecified atom stereocenters. The van der Waals surface area contributed by atoms with Crippen LogP contribution in [0, 0.1) is 11.8 Å². The number of benzene rings is 2. The summed E-state index contributed by atoms with van der Waals surface area (Å²) in [7, 11) is 1.64. The van der Waals surface area contributed by atoms with Crippen molar-refractivity contribution in [3.8, 4) is 5.75 Å². The van der Waals surface area contributed by atoms with Crippen LogP contribution >= 0.6 is 23.2 Å². The Labute approximate surface area is 214 Å². The first kappa shape index (κ1) is 23.9. The third-order valence-electron chi connectivity index (χ3n) is 7.19. The molecule has 3 aliphatic heterocycles. The number of hydrogen-bond acceptors (Lipinski definition) is 5. The molecule has 0 aliphatic carbocycles. The maximum absolute atomic E-state index is 13.1. The number of pyridine rings is 1. The van der Waals surface area contributed by atoms with Gasteiger partial charge in [-0.15, -0.1) is 6.58 Å². The van der Waals surface area contributed by atoms with Gasteiger partial charge in [0.15, 0.2) is 0 Å². The molecular formula is C27H27Cl2N3O3. The van der Waals surface area contributed by atoms with Gasteiger partial charge in [0.25, 0.3) is 0 Å². The fraction of sp³-hybridized carbons (Fsp3) is 0.333. The zero-order valence-corrected chi connectivity index (χ0v) is 20.9. The van der Waals surface area contributed by atoms with Crippen molar-refractivity contribution < 1.29 is 14.3 Å². The van der Waals surface area contributed by atoms with Gasteiger partial charge in [-0.3, -0.25) is 15.2 Å². The van der Waals surface area contributed by atoms with E-state index in [4.69, 9.17) is 32.7 Å². The van der Waals surface area contributed by atoms with Gasteiger partial charge in [0.2, 0.25) is 0 Å². The first-order valence-electron chi connectivity index (χ1n) is 11.7. The molecule has 1 amide bonds. The SMILES string of the molecule is C=C[C@H]1CN2CC[C@H]1C[C@@H]2[C@@H](OC(=O)Nc1ccc(Cl)c(Cl)c1)c1ccnc2ccc(OC)cc12. The van der Waals surface area contributed by atoms with E-state index < -0.39 is 12.2 Å². The number of nitrogens with one attached hydrogen (secondary N) is 1. The minimum Gasteiger partial charge on any atom is -0.497 e. The van der Waals surface area contributed by atoms with Gasteiger partial charge in [-0.05, 0) is 73.7 Å². The van der Waals surface area contributed by atoms with Crippen LogP contribution in [0.5, 0.6) is 5.75 Å². The fourth-order valence-corrected chi connectivity index (χ4v) is 5.70. The highest BCUT2D eigenvalue weighted by Crippen LogP contribution is 2.43. The van der Waals surface area contributed by atoms with Crippen LogP contribution in [-0.4, -0.2) is 42.2 Å². The predicted molar refractivity (Wildman–Crippen MR) is 139 cm³/mol. The van der Waals surface area contributed by atoms with Gasteiger partial charge in [0.1, 0.15) is 11.9 Å². The second kappa shape index (κ2) is 10.1. The van der Waals surface area contributed by atoms with E-state index in [0.717, 1.165) is 48.1 Å². The van der Waals surface area contributed by atoms with Crippen LogP contribution in [0.2, 0.25) is 10.0 Å². The second-order valence-electron chi connectivity index (χ2n) is 9.11. The molecule has 6 rings (SSSR count). The predicted octanol–water partition coefficient (Wildman–Crippen LogP) is 6.74. The summed E-state index contributed by atoms with van der Waals surface area (Å²) in [4.78, 5) is 20.1. The Kier molecular flexibility index (Phi) is 6.87. The molecule has 0 saturated carbocycles. The molecule has 0 spiro atoms. The van der Waals surface area contributed by atoms with Gasteiger partial charge in [-0.1, -0.05) is 29.3 Å². The van der Waals surface area contributed by atoms with Gasteiger partial charge in [0.05, 0.1) is 28.7 Å². The highest BCUT2D eigenvalue weighted by Gasteiger charge is 2.44. The second-order valence-corrected chi connectivity index (χ2v) is 9.92. The Balaban J connectivity index is 1.50. The molecular weight excluding hydrogens is 485 g/mol.